The quantitative estimate of drug-likeness (QED) is 0.347. The van der Waals surface area contributed by atoms with E-state index in [-0.39, 0.29) is 5.78 Å². The fourth-order valence-electron chi connectivity index (χ4n) is 3.77. The highest BCUT2D eigenvalue weighted by atomic mass is 16.1. The van der Waals surface area contributed by atoms with Crippen LogP contribution in [0.2, 0.25) is 0 Å². The Hall–Kier alpha value is -3.50. The van der Waals surface area contributed by atoms with Gasteiger partial charge < -0.3 is 4.98 Å². The largest absolute Gasteiger partial charge is 0.342 e. The fraction of sp³-hybridized carbons (Fsp3) is 0.120. The van der Waals surface area contributed by atoms with Gasteiger partial charge in [-0.05, 0) is 16.7 Å². The molecule has 4 rings (SSSR count). The zero-order valence-electron chi connectivity index (χ0n) is 16.1. The van der Waals surface area contributed by atoms with E-state index in [2.05, 4.69) is 51.7 Å². The number of Topliss-reactive ketones (excluding diaryl/α,β-unsaturated/α-hetero) is 1. The summed E-state index contributed by atoms with van der Waals surface area (Å²) in [6.07, 6.45) is 3.62. The van der Waals surface area contributed by atoms with Crippen LogP contribution >= 0.6 is 0 Å². The third-order valence-electron chi connectivity index (χ3n) is 5.12. The molecule has 1 heterocycles. The number of aromatic amines is 1. The number of imidazole rings is 1. The first kappa shape index (κ1) is 18.8. The number of carbonyl (C=O) groups is 1. The number of H-pyrrole nitrogens is 1. The van der Waals surface area contributed by atoms with Crippen LogP contribution in [0.1, 0.15) is 33.7 Å². The van der Waals surface area contributed by atoms with Crippen LogP contribution in [-0.4, -0.2) is 22.3 Å². The highest BCUT2D eigenvalue weighted by Gasteiger charge is 2.35. The van der Waals surface area contributed by atoms with Gasteiger partial charge in [-0.15, -0.1) is 0 Å². The molecule has 2 N–H and O–H groups in total. The average Bonchev–Trinajstić information content (AvgIpc) is 3.34. The van der Waals surface area contributed by atoms with Crippen molar-refractivity contribution in [2.45, 2.75) is 12.0 Å². The summed E-state index contributed by atoms with van der Waals surface area (Å²) >= 11 is 0. The minimum Gasteiger partial charge on any atom is -0.342 e. The van der Waals surface area contributed by atoms with Crippen molar-refractivity contribution in [3.05, 3.63) is 126 Å². The predicted molar refractivity (Wildman–Crippen MR) is 115 cm³/mol. The number of aromatic nitrogens is 2. The molecule has 0 saturated carbocycles. The van der Waals surface area contributed by atoms with Gasteiger partial charge in [0.25, 0.3) is 0 Å². The van der Waals surface area contributed by atoms with E-state index in [0.717, 1.165) is 16.7 Å². The summed E-state index contributed by atoms with van der Waals surface area (Å²) in [4.78, 5) is 19.4. The van der Waals surface area contributed by atoms with Crippen LogP contribution in [0.15, 0.2) is 103 Å². The molecule has 1 aromatic heterocycles. The van der Waals surface area contributed by atoms with E-state index >= 15 is 0 Å². The van der Waals surface area contributed by atoms with Crippen molar-refractivity contribution < 1.29 is 4.79 Å². The minimum absolute atomic E-state index is 0.00872. The normalized spacial score (nSPS) is 11.3. The second-order valence-electron chi connectivity index (χ2n) is 6.89. The first-order valence-corrected chi connectivity index (χ1v) is 9.75. The predicted octanol–water partition coefficient (Wildman–Crippen LogP) is 4.56. The third kappa shape index (κ3) is 3.89. The molecule has 0 aliphatic heterocycles. The maximum absolute atomic E-state index is 12.5. The van der Waals surface area contributed by atoms with Gasteiger partial charge >= 0.3 is 0 Å². The number of hydrogen-bond donors (Lipinski definition) is 2. The molecule has 0 radical (unpaired) electrons. The van der Waals surface area contributed by atoms with Gasteiger partial charge in [0.05, 0.1) is 5.54 Å². The van der Waals surface area contributed by atoms with Gasteiger partial charge in [-0.25, -0.2) is 4.98 Å². The van der Waals surface area contributed by atoms with Crippen molar-refractivity contribution >= 4 is 5.78 Å². The van der Waals surface area contributed by atoms with Crippen LogP contribution in [0, 0.1) is 0 Å². The molecule has 29 heavy (non-hydrogen) atoms. The summed E-state index contributed by atoms with van der Waals surface area (Å²) in [6.45, 7) is 0.512. The molecule has 0 unspecified atom stereocenters. The van der Waals surface area contributed by atoms with Crippen LogP contribution in [0.25, 0.3) is 0 Å². The van der Waals surface area contributed by atoms with Gasteiger partial charge in [0.2, 0.25) is 0 Å². The maximum atomic E-state index is 12.5. The van der Waals surface area contributed by atoms with E-state index in [1.54, 1.807) is 12.4 Å². The van der Waals surface area contributed by atoms with Gasteiger partial charge in [0.15, 0.2) is 11.6 Å². The molecule has 0 fully saturated rings. The van der Waals surface area contributed by atoms with Gasteiger partial charge in [-0.1, -0.05) is 91.0 Å². The smallest absolute Gasteiger partial charge is 0.199 e. The summed E-state index contributed by atoms with van der Waals surface area (Å²) in [7, 11) is 0. The topological polar surface area (TPSA) is 57.8 Å². The molecule has 4 heteroatoms. The van der Waals surface area contributed by atoms with Crippen molar-refractivity contribution in [1.82, 2.24) is 15.3 Å². The van der Waals surface area contributed by atoms with Gasteiger partial charge in [-0.3, -0.25) is 10.1 Å². The molecule has 3 aromatic carbocycles. The lowest BCUT2D eigenvalue weighted by molar-refractivity contribution is 0.0971. The van der Waals surface area contributed by atoms with Crippen molar-refractivity contribution in [2.75, 3.05) is 6.54 Å². The van der Waals surface area contributed by atoms with Crippen LogP contribution in [0.4, 0.5) is 0 Å². The summed E-state index contributed by atoms with van der Waals surface area (Å²) in [5.41, 5.74) is 2.82. The zero-order chi connectivity index (χ0) is 19.9. The number of ketones is 1. The average molecular weight is 381 g/mol. The Bertz CT molecular complexity index is 933. The third-order valence-corrected chi connectivity index (χ3v) is 5.12. The maximum Gasteiger partial charge on any atom is 0.199 e. The number of rotatable bonds is 8. The molecule has 4 aromatic rings. The number of benzene rings is 3. The van der Waals surface area contributed by atoms with E-state index in [1.165, 1.54) is 0 Å². The lowest BCUT2D eigenvalue weighted by Gasteiger charge is -2.37. The monoisotopic (exact) mass is 381 g/mol. The number of nitrogens with one attached hydrogen (secondary N) is 2. The Kier molecular flexibility index (Phi) is 5.63. The molecule has 0 bridgehead atoms. The fourth-order valence-corrected chi connectivity index (χ4v) is 3.77. The Labute approximate surface area is 170 Å². The van der Waals surface area contributed by atoms with Crippen LogP contribution in [-0.2, 0) is 5.54 Å². The molecular weight excluding hydrogens is 358 g/mol. The van der Waals surface area contributed by atoms with Gasteiger partial charge in [0.1, 0.15) is 0 Å². The minimum atomic E-state index is -0.562. The lowest BCUT2D eigenvalue weighted by atomic mass is 9.77. The van der Waals surface area contributed by atoms with Crippen molar-refractivity contribution in [3.8, 4) is 0 Å². The molecule has 0 atom stereocenters. The number of nitrogens with zero attached hydrogens (tertiary/aromatic N) is 1. The summed E-state index contributed by atoms with van der Waals surface area (Å²) < 4.78 is 0. The van der Waals surface area contributed by atoms with Crippen molar-refractivity contribution in [1.29, 1.82) is 0 Å². The molecule has 4 nitrogen and oxygen atoms in total. The Balaban J connectivity index is 1.74. The molecule has 144 valence electrons. The van der Waals surface area contributed by atoms with E-state index in [9.17, 15) is 4.79 Å². The first-order valence-electron chi connectivity index (χ1n) is 9.75. The molecule has 0 aliphatic carbocycles. The first-order chi connectivity index (χ1) is 14.3. The Morgan fingerprint density at radius 3 is 1.69 bits per heavy atom. The SMILES string of the molecule is O=C(CCNC(c1ccccc1)(c1ccccc1)c1ccccc1)c1ncc[nH]1. The van der Waals surface area contributed by atoms with Gasteiger partial charge in [-0.2, -0.15) is 0 Å². The van der Waals surface area contributed by atoms with E-state index in [0.29, 0.717) is 18.8 Å². The van der Waals surface area contributed by atoms with Crippen LogP contribution in [0.5, 0.6) is 0 Å². The molecule has 0 saturated heterocycles. The highest BCUT2D eigenvalue weighted by molar-refractivity contribution is 5.92. The van der Waals surface area contributed by atoms with Crippen molar-refractivity contribution in [3.63, 3.8) is 0 Å². The number of hydrogen-bond acceptors (Lipinski definition) is 3. The Morgan fingerprint density at radius 1 is 0.793 bits per heavy atom. The lowest BCUT2D eigenvalue weighted by Crippen LogP contribution is -2.45. The highest BCUT2D eigenvalue weighted by Crippen LogP contribution is 2.36. The molecular formula is C25H23N3O. The summed E-state index contributed by atoms with van der Waals surface area (Å²) in [5.74, 6) is 0.391. The second-order valence-corrected chi connectivity index (χ2v) is 6.89. The van der Waals surface area contributed by atoms with E-state index in [4.69, 9.17) is 0 Å². The standard InChI is InChI=1S/C25H23N3O/c29-23(24-26-18-19-27-24)16-17-28-25(20-10-4-1-5-11-20,21-12-6-2-7-13-21)22-14-8-3-9-15-22/h1-15,18-19,28H,16-17H2,(H,26,27). The van der Waals surface area contributed by atoms with Crippen LogP contribution in [0.3, 0.4) is 0 Å². The second kappa shape index (κ2) is 8.67. The number of carbonyl (C=O) groups excluding carboxylic acids is 1. The van der Waals surface area contributed by atoms with E-state index < -0.39 is 5.54 Å². The molecule has 0 spiro atoms. The summed E-state index contributed by atoms with van der Waals surface area (Å²) in [5, 5.41) is 3.71. The Morgan fingerprint density at radius 2 is 1.28 bits per heavy atom. The summed E-state index contributed by atoms with van der Waals surface area (Å²) in [6, 6.07) is 31.1. The zero-order valence-corrected chi connectivity index (χ0v) is 16.1. The van der Waals surface area contributed by atoms with Crippen molar-refractivity contribution in [2.24, 2.45) is 0 Å². The molecule has 0 aliphatic rings. The van der Waals surface area contributed by atoms with E-state index in [1.807, 2.05) is 54.6 Å². The molecule has 0 amide bonds. The van der Waals surface area contributed by atoms with Gasteiger partial charge in [0, 0.05) is 25.4 Å². The van der Waals surface area contributed by atoms with Crippen LogP contribution < -0.4 is 5.32 Å².